The number of nitrogens with one attached hydrogen (secondary N) is 1. The Hall–Kier alpha value is -0.180. The molecule has 1 aromatic carbocycles. The van der Waals surface area contributed by atoms with Crippen LogP contribution in [0.15, 0.2) is 29.3 Å². The molecular weight excluding hydrogens is 457 g/mol. The summed E-state index contributed by atoms with van der Waals surface area (Å²) in [4.78, 5) is 6.76. The average molecular weight is 484 g/mol. The molecule has 4 nitrogen and oxygen atoms in total. The second kappa shape index (κ2) is 11.4. The maximum atomic E-state index is 6.11. The van der Waals surface area contributed by atoms with Crippen molar-refractivity contribution in [1.29, 1.82) is 0 Å². The van der Waals surface area contributed by atoms with Gasteiger partial charge in [0.05, 0.1) is 6.61 Å². The Bertz CT molecular complexity index is 532. The second-order valence-electron chi connectivity index (χ2n) is 5.76. The molecule has 7 heteroatoms. The first-order chi connectivity index (χ1) is 11.2. The van der Waals surface area contributed by atoms with Crippen LogP contribution in [0.5, 0.6) is 0 Å². The van der Waals surface area contributed by atoms with E-state index in [1.165, 1.54) is 5.56 Å². The maximum absolute atomic E-state index is 6.11. The summed E-state index contributed by atoms with van der Waals surface area (Å²) >= 11 is 7.93. The second-order valence-corrected chi connectivity index (χ2v) is 7.24. The van der Waals surface area contributed by atoms with Crippen LogP contribution in [-0.2, 0) is 4.74 Å². The van der Waals surface area contributed by atoms with Crippen LogP contribution in [0, 0.1) is 5.92 Å². The fraction of sp³-hybridized carbons (Fsp3) is 0.588. The van der Waals surface area contributed by atoms with E-state index in [-0.39, 0.29) is 24.0 Å². The number of hydrogen-bond donors (Lipinski definition) is 1. The van der Waals surface area contributed by atoms with Gasteiger partial charge < -0.3 is 15.0 Å². The molecule has 24 heavy (non-hydrogen) atoms. The van der Waals surface area contributed by atoms with Crippen LogP contribution in [0.4, 0.5) is 0 Å². The Morgan fingerprint density at radius 1 is 1.54 bits per heavy atom. The molecule has 1 aromatic rings. The van der Waals surface area contributed by atoms with Crippen molar-refractivity contribution in [3.63, 3.8) is 0 Å². The third-order valence-corrected chi connectivity index (χ3v) is 5.39. The van der Waals surface area contributed by atoms with Crippen LogP contribution in [0.25, 0.3) is 0 Å². The van der Waals surface area contributed by atoms with Gasteiger partial charge in [-0.25, -0.2) is 0 Å². The van der Waals surface area contributed by atoms with Crippen LogP contribution in [-0.4, -0.2) is 57.5 Å². The lowest BCUT2D eigenvalue weighted by atomic mass is 10.1. The minimum absolute atomic E-state index is 0. The van der Waals surface area contributed by atoms with E-state index in [0.717, 1.165) is 43.6 Å². The summed E-state index contributed by atoms with van der Waals surface area (Å²) < 4.78 is 5.27. The number of rotatable bonds is 6. The number of methoxy groups -OCH3 is 1. The van der Waals surface area contributed by atoms with E-state index >= 15 is 0 Å². The van der Waals surface area contributed by atoms with Gasteiger partial charge in [-0.3, -0.25) is 4.99 Å². The van der Waals surface area contributed by atoms with Gasteiger partial charge in [-0.1, -0.05) is 23.7 Å². The van der Waals surface area contributed by atoms with E-state index in [0.29, 0.717) is 11.2 Å². The van der Waals surface area contributed by atoms with Gasteiger partial charge in [0.2, 0.25) is 0 Å². The molecule has 0 spiro atoms. The van der Waals surface area contributed by atoms with Crippen LogP contribution in [0.1, 0.15) is 17.2 Å². The summed E-state index contributed by atoms with van der Waals surface area (Å²) in [7, 11) is 3.61. The predicted molar refractivity (Wildman–Crippen MR) is 116 cm³/mol. The standard InChI is InChI=1S/C17H26ClN3OS.HI/c1-19-17(21-8-7-13(11-21)12-22-2)20-10-16(23-3)14-5-4-6-15(18)9-14;/h4-6,9,13,16H,7-8,10-12H2,1-3H3,(H,19,20);1H. The van der Waals surface area contributed by atoms with E-state index in [1.807, 2.05) is 37.0 Å². The van der Waals surface area contributed by atoms with E-state index in [4.69, 9.17) is 16.3 Å². The lowest BCUT2D eigenvalue weighted by molar-refractivity contribution is 0.157. The number of hydrogen-bond acceptors (Lipinski definition) is 3. The third-order valence-electron chi connectivity index (χ3n) is 4.15. The number of aliphatic imine (C=N–C) groups is 1. The quantitative estimate of drug-likeness (QED) is 0.378. The molecule has 0 bridgehead atoms. The number of benzene rings is 1. The van der Waals surface area contributed by atoms with E-state index in [1.54, 1.807) is 7.11 Å². The van der Waals surface area contributed by atoms with Gasteiger partial charge in [0, 0.05) is 50.0 Å². The normalized spacial score (nSPS) is 19.1. The van der Waals surface area contributed by atoms with Crippen LogP contribution < -0.4 is 5.32 Å². The van der Waals surface area contributed by atoms with Crippen molar-refractivity contribution in [2.24, 2.45) is 10.9 Å². The fourth-order valence-corrected chi connectivity index (χ4v) is 3.82. The summed E-state index contributed by atoms with van der Waals surface area (Å²) in [5, 5.41) is 4.65. The Kier molecular flexibility index (Phi) is 10.4. The highest BCUT2D eigenvalue weighted by molar-refractivity contribution is 14.0. The van der Waals surface area contributed by atoms with Crippen molar-refractivity contribution in [3.05, 3.63) is 34.9 Å². The number of ether oxygens (including phenoxy) is 1. The maximum Gasteiger partial charge on any atom is 0.193 e. The van der Waals surface area contributed by atoms with Gasteiger partial charge in [-0.2, -0.15) is 11.8 Å². The van der Waals surface area contributed by atoms with Crippen LogP contribution >= 0.6 is 47.3 Å². The topological polar surface area (TPSA) is 36.9 Å². The highest BCUT2D eigenvalue weighted by Gasteiger charge is 2.25. The fourth-order valence-electron chi connectivity index (χ4n) is 2.96. The molecule has 2 atom stereocenters. The Morgan fingerprint density at radius 2 is 2.33 bits per heavy atom. The van der Waals surface area contributed by atoms with Crippen molar-refractivity contribution >= 4 is 53.3 Å². The summed E-state index contributed by atoms with van der Waals surface area (Å²) in [5.41, 5.74) is 1.24. The number of nitrogens with zero attached hydrogens (tertiary/aromatic N) is 2. The van der Waals surface area contributed by atoms with E-state index in [2.05, 4.69) is 27.5 Å². The van der Waals surface area contributed by atoms with Crippen molar-refractivity contribution in [1.82, 2.24) is 10.2 Å². The molecule has 1 N–H and O–H groups in total. The molecule has 1 heterocycles. The lowest BCUT2D eigenvalue weighted by Crippen LogP contribution is -2.41. The summed E-state index contributed by atoms with van der Waals surface area (Å²) in [6, 6.07) is 8.08. The van der Waals surface area contributed by atoms with Crippen molar-refractivity contribution in [3.8, 4) is 0 Å². The Labute approximate surface area is 171 Å². The molecule has 0 radical (unpaired) electrons. The monoisotopic (exact) mass is 483 g/mol. The molecule has 136 valence electrons. The minimum Gasteiger partial charge on any atom is -0.384 e. The zero-order valence-corrected chi connectivity index (χ0v) is 18.4. The van der Waals surface area contributed by atoms with Crippen molar-refractivity contribution < 1.29 is 4.74 Å². The smallest absolute Gasteiger partial charge is 0.193 e. The van der Waals surface area contributed by atoms with Gasteiger partial charge in [-0.05, 0) is 30.4 Å². The van der Waals surface area contributed by atoms with Gasteiger partial charge >= 0.3 is 0 Å². The predicted octanol–water partition coefficient (Wildman–Crippen LogP) is 3.91. The summed E-state index contributed by atoms with van der Waals surface area (Å²) in [6.45, 7) is 3.70. The van der Waals surface area contributed by atoms with E-state index in [9.17, 15) is 0 Å². The number of likely N-dealkylation sites (tertiary alicyclic amines) is 1. The molecular formula is C17H27ClIN3OS. The molecule has 0 saturated carbocycles. The van der Waals surface area contributed by atoms with Gasteiger partial charge in [0.25, 0.3) is 0 Å². The highest BCUT2D eigenvalue weighted by atomic mass is 127. The highest BCUT2D eigenvalue weighted by Crippen LogP contribution is 2.27. The lowest BCUT2D eigenvalue weighted by Gasteiger charge is -2.24. The molecule has 1 aliphatic heterocycles. The molecule has 2 unspecified atom stereocenters. The molecule has 0 aromatic heterocycles. The number of guanidine groups is 1. The van der Waals surface area contributed by atoms with Gasteiger partial charge in [-0.15, -0.1) is 24.0 Å². The Morgan fingerprint density at radius 3 is 2.96 bits per heavy atom. The van der Waals surface area contributed by atoms with Crippen molar-refractivity contribution in [2.75, 3.05) is 46.7 Å². The molecule has 1 saturated heterocycles. The third kappa shape index (κ3) is 6.28. The first-order valence-corrected chi connectivity index (χ1v) is 9.57. The molecule has 0 amide bonds. The zero-order chi connectivity index (χ0) is 16.7. The molecule has 0 aliphatic carbocycles. The first kappa shape index (κ1) is 21.9. The van der Waals surface area contributed by atoms with Gasteiger partial charge in [0.15, 0.2) is 5.96 Å². The molecule has 1 fully saturated rings. The summed E-state index contributed by atoms with van der Waals surface area (Å²) in [6.07, 6.45) is 3.29. The number of halogens is 2. The average Bonchev–Trinajstić information content (AvgIpc) is 3.00. The van der Waals surface area contributed by atoms with Crippen molar-refractivity contribution in [2.45, 2.75) is 11.7 Å². The van der Waals surface area contributed by atoms with E-state index < -0.39 is 0 Å². The zero-order valence-electron chi connectivity index (χ0n) is 14.5. The number of thioether (sulfide) groups is 1. The SMILES string of the molecule is CN=C(NCC(SC)c1cccc(Cl)c1)N1CCC(COC)C1.I. The van der Waals surface area contributed by atoms with Gasteiger partial charge in [0.1, 0.15) is 0 Å². The summed E-state index contributed by atoms with van der Waals surface area (Å²) in [5.74, 6) is 1.58. The van der Waals surface area contributed by atoms with Crippen LogP contribution in [0.2, 0.25) is 5.02 Å². The first-order valence-electron chi connectivity index (χ1n) is 7.90. The van der Waals surface area contributed by atoms with Crippen LogP contribution in [0.3, 0.4) is 0 Å². The Balaban J connectivity index is 0.00000288. The minimum atomic E-state index is 0. The molecule has 1 aliphatic rings. The largest absolute Gasteiger partial charge is 0.384 e. The molecule has 2 rings (SSSR count).